The third-order valence-electron chi connectivity index (χ3n) is 16.9. The summed E-state index contributed by atoms with van der Waals surface area (Å²) in [5.74, 6) is 0. The van der Waals surface area contributed by atoms with Crippen LogP contribution in [0.25, 0.3) is 55.6 Å². The molecule has 0 amide bonds. The lowest BCUT2D eigenvalue weighted by molar-refractivity contribution is 0.714. The largest absolute Gasteiger partial charge is 0.311 e. The van der Waals surface area contributed by atoms with Crippen LogP contribution < -0.4 is 36.0 Å². The van der Waals surface area contributed by atoms with Crippen LogP contribution in [0.2, 0.25) is 13.1 Å². The van der Waals surface area contributed by atoms with Crippen LogP contribution >= 0.6 is 0 Å². The van der Waals surface area contributed by atoms with Crippen molar-refractivity contribution >= 4 is 64.3 Å². The van der Waals surface area contributed by atoms with Gasteiger partial charge in [0, 0.05) is 22.5 Å². The molecular formula is C70H53NSi2. The molecule has 11 aromatic carbocycles. The van der Waals surface area contributed by atoms with Gasteiger partial charge in [-0.2, -0.15) is 0 Å². The monoisotopic (exact) mass is 963 g/mol. The Bertz CT molecular complexity index is 3910. The maximum absolute atomic E-state index is 2.63. The van der Waals surface area contributed by atoms with E-state index >= 15 is 0 Å². The summed E-state index contributed by atoms with van der Waals surface area (Å²) >= 11 is 0. The summed E-state index contributed by atoms with van der Waals surface area (Å²) < 4.78 is 0. The highest BCUT2D eigenvalue weighted by Gasteiger charge is 2.48. The molecule has 346 valence electrons. The smallest absolute Gasteiger partial charge is 0.180 e. The minimum Gasteiger partial charge on any atom is -0.311 e. The normalized spacial score (nSPS) is 15.9. The van der Waals surface area contributed by atoms with Gasteiger partial charge in [-0.05, 0) is 153 Å². The highest BCUT2D eigenvalue weighted by molar-refractivity contribution is 7.22. The van der Waals surface area contributed by atoms with Crippen LogP contribution in [0.15, 0.2) is 267 Å². The minimum absolute atomic E-state index is 0.254. The fraction of sp³-hybridized carbons (Fsp3) is 0.0571. The molecule has 14 rings (SSSR count). The maximum Gasteiger partial charge on any atom is 0.180 e. The lowest BCUT2D eigenvalue weighted by Crippen LogP contribution is -2.72. The van der Waals surface area contributed by atoms with Crippen LogP contribution in [0.1, 0.15) is 23.6 Å². The molecule has 2 aliphatic heterocycles. The van der Waals surface area contributed by atoms with Crippen molar-refractivity contribution < 1.29 is 0 Å². The third kappa shape index (κ3) is 6.45. The molecule has 1 atom stereocenters. The average molecular weight is 964 g/mol. The molecule has 0 radical (unpaired) electrons. The van der Waals surface area contributed by atoms with Gasteiger partial charge in [0.25, 0.3) is 0 Å². The topological polar surface area (TPSA) is 3.24 Å². The second kappa shape index (κ2) is 16.6. The van der Waals surface area contributed by atoms with E-state index in [0.29, 0.717) is 0 Å². The molecule has 2 heterocycles. The quantitative estimate of drug-likeness (QED) is 0.137. The van der Waals surface area contributed by atoms with Gasteiger partial charge >= 0.3 is 0 Å². The number of nitrogens with zero attached hydrogens (tertiary/aromatic N) is 1. The first kappa shape index (κ1) is 43.4. The molecule has 73 heavy (non-hydrogen) atoms. The molecule has 0 aromatic heterocycles. The number of rotatable bonds is 8. The fourth-order valence-corrected chi connectivity index (χ4v) is 21.6. The molecule has 3 aliphatic rings. The van der Waals surface area contributed by atoms with E-state index in [9.17, 15) is 0 Å². The zero-order valence-corrected chi connectivity index (χ0v) is 43.4. The van der Waals surface area contributed by atoms with E-state index in [0.717, 1.165) is 11.4 Å². The number of fused-ring (bicyclic) bond motifs is 9. The molecule has 11 aromatic rings. The molecule has 0 N–H and O–H groups in total. The lowest BCUT2D eigenvalue weighted by Gasteiger charge is -2.31. The third-order valence-corrected chi connectivity index (χ3v) is 25.3. The molecule has 1 aliphatic carbocycles. The molecule has 0 saturated carbocycles. The Morgan fingerprint density at radius 2 is 0.753 bits per heavy atom. The van der Waals surface area contributed by atoms with E-state index in [2.05, 4.69) is 292 Å². The van der Waals surface area contributed by atoms with Gasteiger partial charge in [-0.1, -0.05) is 238 Å². The summed E-state index contributed by atoms with van der Waals surface area (Å²) in [7, 11) is -4.58. The summed E-state index contributed by atoms with van der Waals surface area (Å²) in [6.45, 7) is 7.42. The SMILES string of the molecule is CC1(c2ccccc2)c2ccccc2-c2ccc(-c3ccc(N(c4ccc(-c5cccc([Si]6(c7ccccc7)c7ccccc7-c7ccccc76)c5)cc4)c4ccc5c(c4)[Si](C)(C)c4ccccc4-5)cc3)cc21. The van der Waals surface area contributed by atoms with Crippen LogP contribution in [0.5, 0.6) is 0 Å². The van der Waals surface area contributed by atoms with Crippen molar-refractivity contribution in [1.29, 1.82) is 0 Å². The van der Waals surface area contributed by atoms with Crippen molar-refractivity contribution in [2.45, 2.75) is 25.4 Å². The number of benzene rings is 11. The number of anilines is 3. The first-order valence-electron chi connectivity index (χ1n) is 25.7. The highest BCUT2D eigenvalue weighted by Crippen LogP contribution is 2.53. The van der Waals surface area contributed by atoms with Gasteiger partial charge in [-0.3, -0.25) is 0 Å². The van der Waals surface area contributed by atoms with Gasteiger partial charge < -0.3 is 4.90 Å². The van der Waals surface area contributed by atoms with Crippen LogP contribution in [0, 0.1) is 0 Å². The first-order valence-corrected chi connectivity index (χ1v) is 30.7. The Balaban J connectivity index is 0.866. The van der Waals surface area contributed by atoms with Gasteiger partial charge in [0.2, 0.25) is 0 Å². The predicted molar refractivity (Wildman–Crippen MR) is 314 cm³/mol. The lowest BCUT2D eigenvalue weighted by atomic mass is 9.74. The molecule has 0 bridgehead atoms. The van der Waals surface area contributed by atoms with Crippen LogP contribution in [0.4, 0.5) is 17.1 Å². The van der Waals surface area contributed by atoms with Crippen molar-refractivity contribution in [3.05, 3.63) is 284 Å². The molecule has 0 spiro atoms. The second-order valence-electron chi connectivity index (χ2n) is 20.9. The Hall–Kier alpha value is -8.35. The summed E-state index contributed by atoms with van der Waals surface area (Å²) in [6.07, 6.45) is 0. The second-order valence-corrected chi connectivity index (χ2v) is 29.0. The molecule has 0 fully saturated rings. The highest BCUT2D eigenvalue weighted by atomic mass is 28.3. The molecule has 1 unspecified atom stereocenters. The first-order chi connectivity index (χ1) is 35.8. The molecule has 1 nitrogen and oxygen atoms in total. The fourth-order valence-electron chi connectivity index (χ4n) is 13.3. The van der Waals surface area contributed by atoms with Crippen molar-refractivity contribution in [1.82, 2.24) is 0 Å². The summed E-state index contributed by atoms with van der Waals surface area (Å²) in [5, 5.41) is 8.77. The van der Waals surface area contributed by atoms with Gasteiger partial charge in [-0.25, -0.2) is 0 Å². The van der Waals surface area contributed by atoms with Crippen molar-refractivity contribution in [2.24, 2.45) is 0 Å². The van der Waals surface area contributed by atoms with Crippen molar-refractivity contribution in [3.63, 3.8) is 0 Å². The summed E-state index contributed by atoms with van der Waals surface area (Å²) in [5.41, 5.74) is 20.2. The van der Waals surface area contributed by atoms with Gasteiger partial charge in [0.1, 0.15) is 8.07 Å². The molecular weight excluding hydrogens is 911 g/mol. The van der Waals surface area contributed by atoms with Crippen LogP contribution in [-0.4, -0.2) is 16.1 Å². The standard InChI is InChI=1S/C70H53NSi2/c1-70(52-20-6-4-7-21-52)64-29-14-10-25-58(64)59-43-37-51(46-65(59)70)49-35-40-54(41-36-49)71(55-42-44-63-60-26-11-15-30-66(60)72(2,3)69(63)47-55)53-38-33-48(34-39-53)50-19-18-24-57(45-50)73(56-22-8-5-9-23-56)67-31-16-12-27-61(67)62-28-13-17-32-68(62)73/h4-47H,1-3H3. The van der Waals surface area contributed by atoms with Crippen LogP contribution in [0.3, 0.4) is 0 Å². The van der Waals surface area contributed by atoms with E-state index in [4.69, 9.17) is 0 Å². The van der Waals surface area contributed by atoms with Crippen LogP contribution in [-0.2, 0) is 5.41 Å². The molecule has 3 heteroatoms. The molecule has 0 saturated heterocycles. The van der Waals surface area contributed by atoms with E-state index < -0.39 is 16.1 Å². The Morgan fingerprint density at radius 3 is 1.40 bits per heavy atom. The van der Waals surface area contributed by atoms with E-state index in [1.54, 1.807) is 0 Å². The predicted octanol–water partition coefficient (Wildman–Crippen LogP) is 14.0. The average Bonchev–Trinajstić information content (AvgIpc) is 4.00. The summed E-state index contributed by atoms with van der Waals surface area (Å²) in [6, 6.07) is 101. The number of hydrogen-bond acceptors (Lipinski definition) is 1. The Labute approximate surface area is 431 Å². The number of hydrogen-bond donors (Lipinski definition) is 0. The minimum atomic E-state index is -2.63. The van der Waals surface area contributed by atoms with Gasteiger partial charge in [0.15, 0.2) is 8.07 Å². The van der Waals surface area contributed by atoms with Gasteiger partial charge in [-0.15, -0.1) is 0 Å². The van der Waals surface area contributed by atoms with E-state index in [1.807, 2.05) is 0 Å². The Kier molecular flexibility index (Phi) is 9.88. The van der Waals surface area contributed by atoms with Crippen molar-refractivity contribution in [3.8, 4) is 55.6 Å². The van der Waals surface area contributed by atoms with Crippen molar-refractivity contribution in [2.75, 3.05) is 4.90 Å². The maximum atomic E-state index is 2.51. The van der Waals surface area contributed by atoms with E-state index in [-0.39, 0.29) is 5.41 Å². The van der Waals surface area contributed by atoms with E-state index in [1.165, 1.54) is 109 Å². The zero-order chi connectivity index (χ0) is 48.9. The Morgan fingerprint density at radius 1 is 0.301 bits per heavy atom. The zero-order valence-electron chi connectivity index (χ0n) is 41.4. The summed E-state index contributed by atoms with van der Waals surface area (Å²) in [4.78, 5) is 2.47. The van der Waals surface area contributed by atoms with Gasteiger partial charge in [0.05, 0.1) is 0 Å².